The lowest BCUT2D eigenvalue weighted by Gasteiger charge is -1.94. The highest BCUT2D eigenvalue weighted by Crippen LogP contribution is 2.13. The van der Waals surface area contributed by atoms with E-state index >= 15 is 0 Å². The summed E-state index contributed by atoms with van der Waals surface area (Å²) in [7, 11) is 0. The summed E-state index contributed by atoms with van der Waals surface area (Å²) >= 11 is 3.10. The molecule has 1 aromatic rings. The second kappa shape index (κ2) is 3.85. The summed E-state index contributed by atoms with van der Waals surface area (Å²) in [6.45, 7) is 0. The van der Waals surface area contributed by atoms with E-state index in [1.807, 2.05) is 0 Å². The van der Waals surface area contributed by atoms with Crippen LogP contribution in [0.25, 0.3) is 10.4 Å². The van der Waals surface area contributed by atoms with E-state index in [1.165, 1.54) is 6.20 Å². The number of rotatable bonds is 1. The van der Waals surface area contributed by atoms with Gasteiger partial charge in [0.25, 0.3) is 5.91 Å². The maximum absolute atomic E-state index is 11.0. The largest absolute Gasteiger partial charge is 0.285 e. The number of carbonyl (C=O) groups excluding carboxylic acids is 1. The number of amides is 1. The highest BCUT2D eigenvalue weighted by atomic mass is 79.9. The minimum atomic E-state index is -0.690. The first kappa shape index (κ1) is 8.70. The topological polar surface area (TPSA) is 78.7 Å². The van der Waals surface area contributed by atoms with Gasteiger partial charge in [0, 0.05) is 15.6 Å². The third kappa shape index (κ3) is 1.81. The molecule has 0 aromatic carbocycles. The van der Waals surface area contributed by atoms with Crippen LogP contribution in [0.3, 0.4) is 0 Å². The van der Waals surface area contributed by atoms with Crippen molar-refractivity contribution in [3.8, 4) is 0 Å². The Bertz CT molecular complexity index is 358. The number of aromatic nitrogens is 1. The molecule has 1 heterocycles. The summed E-state index contributed by atoms with van der Waals surface area (Å²) in [4.78, 5) is 17.1. The van der Waals surface area contributed by atoms with Crippen molar-refractivity contribution in [1.29, 1.82) is 0 Å². The normalized spacial score (nSPS) is 8.75. The van der Waals surface area contributed by atoms with Crippen molar-refractivity contribution < 1.29 is 4.79 Å². The highest BCUT2D eigenvalue weighted by Gasteiger charge is 2.07. The number of hydrogen-bond acceptors (Lipinski definition) is 2. The van der Waals surface area contributed by atoms with Gasteiger partial charge in [0.15, 0.2) is 0 Å². The van der Waals surface area contributed by atoms with Crippen molar-refractivity contribution in [3.63, 3.8) is 0 Å². The zero-order chi connectivity index (χ0) is 8.97. The van der Waals surface area contributed by atoms with Gasteiger partial charge < -0.3 is 0 Å². The van der Waals surface area contributed by atoms with Gasteiger partial charge in [0.1, 0.15) is 5.69 Å². The third-order valence-electron chi connectivity index (χ3n) is 1.10. The lowest BCUT2D eigenvalue weighted by atomic mass is 10.3. The molecule has 1 rings (SSSR count). The molecule has 1 aromatic heterocycles. The van der Waals surface area contributed by atoms with E-state index in [4.69, 9.17) is 5.53 Å². The molecule has 1 amide bonds. The van der Waals surface area contributed by atoms with Gasteiger partial charge in [0.2, 0.25) is 0 Å². The molecule has 0 saturated carbocycles. The average molecular weight is 227 g/mol. The fourth-order valence-electron chi connectivity index (χ4n) is 0.631. The van der Waals surface area contributed by atoms with Crippen LogP contribution >= 0.6 is 15.9 Å². The van der Waals surface area contributed by atoms with Gasteiger partial charge in [-0.2, -0.15) is 0 Å². The van der Waals surface area contributed by atoms with Crippen LogP contribution in [-0.4, -0.2) is 10.9 Å². The van der Waals surface area contributed by atoms with Gasteiger partial charge >= 0.3 is 0 Å². The monoisotopic (exact) mass is 226 g/mol. The predicted molar refractivity (Wildman–Crippen MR) is 45.4 cm³/mol. The van der Waals surface area contributed by atoms with Crippen LogP contribution < -0.4 is 0 Å². The van der Waals surface area contributed by atoms with Crippen LogP contribution in [0.4, 0.5) is 0 Å². The molecule has 5 nitrogen and oxygen atoms in total. The lowest BCUT2D eigenvalue weighted by molar-refractivity contribution is 0.0995. The number of halogens is 1. The first-order chi connectivity index (χ1) is 5.75. The first-order valence-electron chi connectivity index (χ1n) is 2.95. The molecule has 0 aliphatic rings. The SMILES string of the molecule is [N-]=[N+]=NC(=O)c1ncccc1Br. The van der Waals surface area contributed by atoms with Gasteiger partial charge in [-0.3, -0.25) is 9.78 Å². The standard InChI is InChI=1S/C6H3BrN4O/c7-4-2-1-3-9-5(4)6(12)10-11-8/h1-3H. The molecule has 0 bridgehead atoms. The van der Waals surface area contributed by atoms with Crippen LogP contribution in [0.2, 0.25) is 0 Å². The molecule has 0 saturated heterocycles. The van der Waals surface area contributed by atoms with E-state index in [1.54, 1.807) is 12.1 Å². The molecular weight excluding hydrogens is 224 g/mol. The van der Waals surface area contributed by atoms with E-state index in [9.17, 15) is 4.79 Å². The molecule has 0 atom stereocenters. The number of nitrogens with zero attached hydrogens (tertiary/aromatic N) is 4. The predicted octanol–water partition coefficient (Wildman–Crippen LogP) is 2.29. The minimum Gasteiger partial charge on any atom is -0.285 e. The lowest BCUT2D eigenvalue weighted by Crippen LogP contribution is -1.97. The second-order valence-corrected chi connectivity index (χ2v) is 2.68. The van der Waals surface area contributed by atoms with E-state index in [0.717, 1.165) is 0 Å². The Morgan fingerprint density at radius 1 is 1.75 bits per heavy atom. The Kier molecular flexibility index (Phi) is 2.79. The number of azide groups is 1. The second-order valence-electron chi connectivity index (χ2n) is 1.83. The number of hydrogen-bond donors (Lipinski definition) is 0. The maximum atomic E-state index is 11.0. The zero-order valence-electron chi connectivity index (χ0n) is 5.81. The zero-order valence-corrected chi connectivity index (χ0v) is 7.39. The van der Waals surface area contributed by atoms with Crippen molar-refractivity contribution >= 4 is 21.8 Å². The Hall–Kier alpha value is -1.39. The summed E-state index contributed by atoms with van der Waals surface area (Å²) in [5, 5.41) is 2.90. The summed E-state index contributed by atoms with van der Waals surface area (Å²) in [6, 6.07) is 3.31. The summed E-state index contributed by atoms with van der Waals surface area (Å²) in [5.41, 5.74) is 8.10. The Morgan fingerprint density at radius 2 is 2.50 bits per heavy atom. The maximum Gasteiger partial charge on any atom is 0.268 e. The average Bonchev–Trinajstić information content (AvgIpc) is 2.05. The molecule has 0 unspecified atom stereocenters. The fourth-order valence-corrected chi connectivity index (χ4v) is 1.06. The number of carbonyl (C=O) groups is 1. The summed E-state index contributed by atoms with van der Waals surface area (Å²) in [5.74, 6) is -0.690. The van der Waals surface area contributed by atoms with E-state index in [2.05, 4.69) is 30.9 Å². The molecule has 12 heavy (non-hydrogen) atoms. The number of pyridine rings is 1. The molecule has 6 heteroatoms. The Balaban J connectivity index is 3.11. The molecule has 0 radical (unpaired) electrons. The minimum absolute atomic E-state index is 0.121. The Morgan fingerprint density at radius 3 is 3.08 bits per heavy atom. The van der Waals surface area contributed by atoms with Gasteiger partial charge in [0.05, 0.1) is 0 Å². The molecule has 0 aliphatic carbocycles. The fraction of sp³-hybridized carbons (Fsp3) is 0. The van der Waals surface area contributed by atoms with Crippen LogP contribution in [-0.2, 0) is 0 Å². The van der Waals surface area contributed by atoms with Crippen molar-refractivity contribution in [3.05, 3.63) is 38.9 Å². The molecular formula is C6H3BrN4O. The highest BCUT2D eigenvalue weighted by molar-refractivity contribution is 9.10. The van der Waals surface area contributed by atoms with Gasteiger partial charge in [-0.1, -0.05) is 0 Å². The smallest absolute Gasteiger partial charge is 0.268 e. The van der Waals surface area contributed by atoms with Crippen molar-refractivity contribution in [2.24, 2.45) is 5.11 Å². The summed E-state index contributed by atoms with van der Waals surface area (Å²) < 4.78 is 0.516. The van der Waals surface area contributed by atoms with Crippen LogP contribution in [0, 0.1) is 0 Å². The van der Waals surface area contributed by atoms with E-state index in [-0.39, 0.29) is 5.69 Å². The summed E-state index contributed by atoms with van der Waals surface area (Å²) in [6.07, 6.45) is 1.45. The van der Waals surface area contributed by atoms with Gasteiger partial charge in [-0.25, -0.2) is 0 Å². The van der Waals surface area contributed by atoms with Gasteiger partial charge in [-0.05, 0) is 38.7 Å². The third-order valence-corrected chi connectivity index (χ3v) is 1.74. The van der Waals surface area contributed by atoms with Crippen molar-refractivity contribution in [2.75, 3.05) is 0 Å². The Labute approximate surface area is 76.2 Å². The van der Waals surface area contributed by atoms with Crippen LogP contribution in [0.5, 0.6) is 0 Å². The van der Waals surface area contributed by atoms with E-state index in [0.29, 0.717) is 4.47 Å². The van der Waals surface area contributed by atoms with Crippen LogP contribution in [0.1, 0.15) is 10.5 Å². The van der Waals surface area contributed by atoms with Crippen molar-refractivity contribution in [2.45, 2.75) is 0 Å². The molecule has 0 aliphatic heterocycles. The molecule has 0 N–H and O–H groups in total. The van der Waals surface area contributed by atoms with Crippen molar-refractivity contribution in [1.82, 2.24) is 4.98 Å². The first-order valence-corrected chi connectivity index (χ1v) is 3.75. The molecule has 0 fully saturated rings. The van der Waals surface area contributed by atoms with E-state index < -0.39 is 5.91 Å². The quantitative estimate of drug-likeness (QED) is 0.419. The van der Waals surface area contributed by atoms with Crippen LogP contribution in [0.15, 0.2) is 27.9 Å². The molecule has 60 valence electrons. The van der Waals surface area contributed by atoms with Gasteiger partial charge in [-0.15, -0.1) is 0 Å². The molecule has 0 spiro atoms.